The summed E-state index contributed by atoms with van der Waals surface area (Å²) in [4.78, 5) is 4.45. The highest BCUT2D eigenvalue weighted by Gasteiger charge is 1.96. The van der Waals surface area contributed by atoms with Crippen molar-refractivity contribution < 1.29 is 0 Å². The number of nitriles is 1. The molecule has 0 bridgehead atoms. The zero-order chi connectivity index (χ0) is 17.0. The molecule has 0 heterocycles. The molecule has 0 amide bonds. The van der Waals surface area contributed by atoms with Crippen LogP contribution in [0.25, 0.3) is 0 Å². The number of hydrogen-bond donors (Lipinski definition) is 0. The fourth-order valence-electron chi connectivity index (χ4n) is 2.65. The summed E-state index contributed by atoms with van der Waals surface area (Å²) in [5, 5.41) is 8.79. The summed E-state index contributed by atoms with van der Waals surface area (Å²) in [7, 11) is 0. The van der Waals surface area contributed by atoms with Crippen molar-refractivity contribution in [3.8, 4) is 6.07 Å². The van der Waals surface area contributed by atoms with Crippen LogP contribution < -0.4 is 0 Å². The van der Waals surface area contributed by atoms with Crippen molar-refractivity contribution in [1.29, 1.82) is 5.26 Å². The van der Waals surface area contributed by atoms with Gasteiger partial charge in [-0.2, -0.15) is 5.26 Å². The largest absolute Gasteiger partial charge is 0.256 e. The standard InChI is InChI=1S/C22H26N2/c1-2-3-4-5-6-7-8-19-9-11-21(12-10-19)18-24-22-15-13-20(17-23)14-16-22/h9-16,18H,2-8H2,1H3. The zero-order valence-electron chi connectivity index (χ0n) is 14.5. The maximum Gasteiger partial charge on any atom is 0.0991 e. The molecule has 0 aliphatic carbocycles. The molecular formula is C22H26N2. The molecule has 0 aliphatic rings. The lowest BCUT2D eigenvalue weighted by Crippen LogP contribution is -1.88. The minimum absolute atomic E-state index is 0.660. The normalized spacial score (nSPS) is 10.8. The van der Waals surface area contributed by atoms with Gasteiger partial charge in [-0.1, -0.05) is 63.3 Å². The molecule has 0 spiro atoms. The van der Waals surface area contributed by atoms with E-state index in [1.807, 2.05) is 18.3 Å². The Bertz CT molecular complexity index is 661. The Kier molecular flexibility index (Phi) is 7.77. The Morgan fingerprint density at radius 3 is 2.21 bits per heavy atom. The van der Waals surface area contributed by atoms with Crippen LogP contribution in [0.3, 0.4) is 0 Å². The van der Waals surface area contributed by atoms with Gasteiger partial charge in [-0.05, 0) is 48.2 Å². The number of aliphatic imine (C=N–C) groups is 1. The number of rotatable bonds is 9. The molecule has 0 unspecified atom stereocenters. The molecule has 0 atom stereocenters. The van der Waals surface area contributed by atoms with Crippen molar-refractivity contribution in [2.45, 2.75) is 51.9 Å². The summed E-state index contributed by atoms with van der Waals surface area (Å²) in [5.74, 6) is 0. The third kappa shape index (κ3) is 6.38. The topological polar surface area (TPSA) is 36.1 Å². The van der Waals surface area contributed by atoms with Gasteiger partial charge in [0.1, 0.15) is 0 Å². The third-order valence-corrected chi connectivity index (χ3v) is 4.16. The van der Waals surface area contributed by atoms with Gasteiger partial charge in [-0.3, -0.25) is 4.99 Å². The summed E-state index contributed by atoms with van der Waals surface area (Å²) < 4.78 is 0. The third-order valence-electron chi connectivity index (χ3n) is 4.16. The molecule has 0 fully saturated rings. The molecule has 2 aromatic rings. The van der Waals surface area contributed by atoms with Gasteiger partial charge in [-0.15, -0.1) is 0 Å². The van der Waals surface area contributed by atoms with Crippen molar-refractivity contribution in [1.82, 2.24) is 0 Å². The predicted octanol–water partition coefficient (Wildman–Crippen LogP) is 6.21. The van der Waals surface area contributed by atoms with Crippen LogP contribution in [0.5, 0.6) is 0 Å². The summed E-state index contributed by atoms with van der Waals surface area (Å²) in [6, 6.07) is 18.1. The van der Waals surface area contributed by atoms with Crippen LogP contribution in [-0.2, 0) is 6.42 Å². The maximum absolute atomic E-state index is 8.79. The second-order valence-corrected chi connectivity index (χ2v) is 6.18. The lowest BCUT2D eigenvalue weighted by atomic mass is 10.0. The highest BCUT2D eigenvalue weighted by atomic mass is 14.7. The predicted molar refractivity (Wildman–Crippen MR) is 102 cm³/mol. The molecule has 0 radical (unpaired) electrons. The first kappa shape index (κ1) is 17.9. The first-order valence-corrected chi connectivity index (χ1v) is 8.95. The quantitative estimate of drug-likeness (QED) is 0.400. The van der Waals surface area contributed by atoms with Gasteiger partial charge in [0.15, 0.2) is 0 Å². The van der Waals surface area contributed by atoms with Crippen LogP contribution in [0.2, 0.25) is 0 Å². The average molecular weight is 318 g/mol. The number of unbranched alkanes of at least 4 members (excludes halogenated alkanes) is 5. The van der Waals surface area contributed by atoms with E-state index >= 15 is 0 Å². The Morgan fingerprint density at radius 2 is 1.54 bits per heavy atom. The van der Waals surface area contributed by atoms with Crippen LogP contribution in [0.1, 0.15) is 62.1 Å². The van der Waals surface area contributed by atoms with E-state index in [-0.39, 0.29) is 0 Å². The van der Waals surface area contributed by atoms with Gasteiger partial charge < -0.3 is 0 Å². The van der Waals surface area contributed by atoms with E-state index in [0.29, 0.717) is 5.56 Å². The van der Waals surface area contributed by atoms with Crippen LogP contribution in [-0.4, -0.2) is 6.21 Å². The maximum atomic E-state index is 8.79. The highest BCUT2D eigenvalue weighted by molar-refractivity contribution is 5.81. The second-order valence-electron chi connectivity index (χ2n) is 6.18. The molecule has 2 heteroatoms. The summed E-state index contributed by atoms with van der Waals surface area (Å²) in [6.07, 6.45) is 11.1. The van der Waals surface area contributed by atoms with Crippen molar-refractivity contribution >= 4 is 11.9 Å². The van der Waals surface area contributed by atoms with E-state index < -0.39 is 0 Å². The van der Waals surface area contributed by atoms with Crippen molar-refractivity contribution in [3.63, 3.8) is 0 Å². The number of benzene rings is 2. The van der Waals surface area contributed by atoms with Gasteiger partial charge in [-0.25, -0.2) is 0 Å². The van der Waals surface area contributed by atoms with Crippen molar-refractivity contribution in [3.05, 3.63) is 65.2 Å². The highest BCUT2D eigenvalue weighted by Crippen LogP contribution is 2.14. The molecule has 2 aromatic carbocycles. The van der Waals surface area contributed by atoms with Crippen LogP contribution >= 0.6 is 0 Å². The zero-order valence-corrected chi connectivity index (χ0v) is 14.5. The first-order chi connectivity index (χ1) is 11.8. The van der Waals surface area contributed by atoms with Crippen molar-refractivity contribution in [2.24, 2.45) is 4.99 Å². The fraction of sp³-hybridized carbons (Fsp3) is 0.364. The molecular weight excluding hydrogens is 292 g/mol. The lowest BCUT2D eigenvalue weighted by molar-refractivity contribution is 0.607. The van der Waals surface area contributed by atoms with Gasteiger partial charge in [0, 0.05) is 6.21 Å². The number of hydrogen-bond acceptors (Lipinski definition) is 2. The monoisotopic (exact) mass is 318 g/mol. The molecule has 0 N–H and O–H groups in total. The molecule has 0 aromatic heterocycles. The molecule has 0 saturated heterocycles. The van der Waals surface area contributed by atoms with E-state index in [9.17, 15) is 0 Å². The van der Waals surface area contributed by atoms with Crippen LogP contribution in [0, 0.1) is 11.3 Å². The minimum Gasteiger partial charge on any atom is -0.256 e. The van der Waals surface area contributed by atoms with E-state index in [2.05, 4.69) is 42.3 Å². The van der Waals surface area contributed by atoms with Gasteiger partial charge in [0.05, 0.1) is 17.3 Å². The smallest absolute Gasteiger partial charge is 0.0991 e. The summed E-state index contributed by atoms with van der Waals surface area (Å²) in [6.45, 7) is 2.26. The first-order valence-electron chi connectivity index (χ1n) is 8.95. The number of aryl methyl sites for hydroxylation is 1. The Labute approximate surface area is 145 Å². The minimum atomic E-state index is 0.660. The fourth-order valence-corrected chi connectivity index (χ4v) is 2.65. The Hall–Kier alpha value is -2.40. The second kappa shape index (κ2) is 10.4. The van der Waals surface area contributed by atoms with E-state index in [4.69, 9.17) is 5.26 Å². The molecule has 0 saturated carbocycles. The van der Waals surface area contributed by atoms with Crippen LogP contribution in [0.15, 0.2) is 53.5 Å². The number of nitrogens with zero attached hydrogens (tertiary/aromatic N) is 2. The van der Waals surface area contributed by atoms with Crippen LogP contribution in [0.4, 0.5) is 5.69 Å². The SMILES string of the molecule is CCCCCCCCc1ccc(C=Nc2ccc(C#N)cc2)cc1. The summed E-state index contributed by atoms with van der Waals surface area (Å²) in [5.41, 5.74) is 4.03. The van der Waals surface area contributed by atoms with Gasteiger partial charge in [0.2, 0.25) is 0 Å². The molecule has 24 heavy (non-hydrogen) atoms. The van der Waals surface area contributed by atoms with E-state index in [0.717, 1.165) is 11.3 Å². The summed E-state index contributed by atoms with van der Waals surface area (Å²) >= 11 is 0. The molecule has 2 rings (SSSR count). The molecule has 0 aliphatic heterocycles. The van der Waals surface area contributed by atoms with Gasteiger partial charge in [0.25, 0.3) is 0 Å². The average Bonchev–Trinajstić information content (AvgIpc) is 2.64. The molecule has 2 nitrogen and oxygen atoms in total. The molecule has 124 valence electrons. The Morgan fingerprint density at radius 1 is 0.875 bits per heavy atom. The Balaban J connectivity index is 1.78. The van der Waals surface area contributed by atoms with E-state index in [1.165, 1.54) is 50.5 Å². The lowest BCUT2D eigenvalue weighted by Gasteiger charge is -2.02. The van der Waals surface area contributed by atoms with E-state index in [1.54, 1.807) is 12.1 Å². The van der Waals surface area contributed by atoms with Gasteiger partial charge >= 0.3 is 0 Å². The van der Waals surface area contributed by atoms with Crippen molar-refractivity contribution in [2.75, 3.05) is 0 Å².